The van der Waals surface area contributed by atoms with Crippen LogP contribution in [-0.2, 0) is 9.53 Å². The van der Waals surface area contributed by atoms with Gasteiger partial charge in [0.25, 0.3) is 5.91 Å². The number of aryl methyl sites for hydroxylation is 1. The Morgan fingerprint density at radius 3 is 2.67 bits per heavy atom. The van der Waals surface area contributed by atoms with E-state index < -0.39 is 0 Å². The van der Waals surface area contributed by atoms with Gasteiger partial charge in [0.2, 0.25) is 0 Å². The first kappa shape index (κ1) is 18.1. The Balaban J connectivity index is 1.45. The minimum atomic E-state index is -0.0823. The minimum absolute atomic E-state index is 0.0510. The van der Waals surface area contributed by atoms with Gasteiger partial charge in [0, 0.05) is 11.3 Å². The number of morpholine rings is 1. The van der Waals surface area contributed by atoms with Crippen LogP contribution in [0.1, 0.15) is 12.5 Å². The van der Waals surface area contributed by atoms with E-state index in [-0.39, 0.29) is 11.9 Å². The van der Waals surface area contributed by atoms with Crippen molar-refractivity contribution >= 4 is 33.1 Å². The predicted molar refractivity (Wildman–Crippen MR) is 109 cm³/mol. The number of carbonyl (C=O) groups is 1. The SMILES string of the molecule is Cc1ccc2nc(-c3ccc(NC(=O)[C@H](C)[NH+]4CCOCC4)cc3)sc2c1. The van der Waals surface area contributed by atoms with Gasteiger partial charge in [0.1, 0.15) is 18.1 Å². The van der Waals surface area contributed by atoms with Crippen LogP contribution >= 0.6 is 11.3 Å². The lowest BCUT2D eigenvalue weighted by atomic mass is 10.2. The number of ether oxygens (including phenoxy) is 1. The highest BCUT2D eigenvalue weighted by Gasteiger charge is 2.26. The average Bonchev–Trinajstić information content (AvgIpc) is 3.11. The third-order valence-corrected chi connectivity index (χ3v) is 6.15. The van der Waals surface area contributed by atoms with Crippen LogP contribution < -0.4 is 10.2 Å². The molecule has 0 spiro atoms. The Labute approximate surface area is 163 Å². The van der Waals surface area contributed by atoms with E-state index in [1.54, 1.807) is 11.3 Å². The molecule has 0 bridgehead atoms. The normalized spacial score (nSPS) is 16.4. The Bertz CT molecular complexity index is 946. The molecular formula is C21H24N3O2S+. The Kier molecular flexibility index (Phi) is 5.20. The highest BCUT2D eigenvalue weighted by Crippen LogP contribution is 2.31. The van der Waals surface area contributed by atoms with Gasteiger partial charge in [-0.1, -0.05) is 6.07 Å². The number of fused-ring (bicyclic) bond motifs is 1. The summed E-state index contributed by atoms with van der Waals surface area (Å²) in [6, 6.07) is 14.2. The molecule has 1 aliphatic rings. The lowest BCUT2D eigenvalue weighted by Crippen LogP contribution is -3.18. The third kappa shape index (κ3) is 4.03. The monoisotopic (exact) mass is 382 g/mol. The van der Waals surface area contributed by atoms with Crippen LogP contribution in [0.25, 0.3) is 20.8 Å². The van der Waals surface area contributed by atoms with Crippen molar-refractivity contribution in [2.45, 2.75) is 19.9 Å². The number of hydrogen-bond acceptors (Lipinski definition) is 4. The van der Waals surface area contributed by atoms with Crippen molar-refractivity contribution in [2.75, 3.05) is 31.6 Å². The summed E-state index contributed by atoms with van der Waals surface area (Å²) in [4.78, 5) is 18.5. The van der Waals surface area contributed by atoms with Gasteiger partial charge < -0.3 is 15.0 Å². The number of aromatic nitrogens is 1. The summed E-state index contributed by atoms with van der Waals surface area (Å²) < 4.78 is 6.57. The molecule has 0 unspecified atom stereocenters. The van der Waals surface area contributed by atoms with E-state index in [0.717, 1.165) is 48.1 Å². The van der Waals surface area contributed by atoms with Crippen LogP contribution in [0.2, 0.25) is 0 Å². The molecule has 5 nitrogen and oxygen atoms in total. The first-order valence-electron chi connectivity index (χ1n) is 9.31. The molecule has 1 saturated heterocycles. The first-order valence-corrected chi connectivity index (χ1v) is 10.1. The van der Waals surface area contributed by atoms with Gasteiger partial charge >= 0.3 is 0 Å². The van der Waals surface area contributed by atoms with E-state index in [2.05, 4.69) is 30.4 Å². The number of thiazole rings is 1. The average molecular weight is 383 g/mol. The molecule has 1 aliphatic heterocycles. The van der Waals surface area contributed by atoms with E-state index >= 15 is 0 Å². The molecule has 0 radical (unpaired) electrons. The zero-order valence-corrected chi connectivity index (χ0v) is 16.4. The standard InChI is InChI=1S/C21H23N3O2S/c1-14-3-8-18-19(13-14)27-21(23-18)16-4-6-17(7-5-16)22-20(25)15(2)24-9-11-26-12-10-24/h3-8,13,15H,9-12H2,1-2H3,(H,22,25)/p+1/t15-/m0/s1. The van der Waals surface area contributed by atoms with Gasteiger partial charge in [-0.05, 0) is 55.8 Å². The van der Waals surface area contributed by atoms with Crippen LogP contribution in [0.4, 0.5) is 5.69 Å². The minimum Gasteiger partial charge on any atom is -0.370 e. The summed E-state index contributed by atoms with van der Waals surface area (Å²) in [5.41, 5.74) is 4.16. The van der Waals surface area contributed by atoms with Crippen molar-refractivity contribution in [3.8, 4) is 10.6 Å². The maximum atomic E-state index is 12.5. The predicted octanol–water partition coefficient (Wildman–Crippen LogP) is 2.51. The summed E-state index contributed by atoms with van der Waals surface area (Å²) in [7, 11) is 0. The fourth-order valence-corrected chi connectivity index (χ4v) is 4.42. The van der Waals surface area contributed by atoms with E-state index in [4.69, 9.17) is 9.72 Å². The molecule has 0 saturated carbocycles. The number of quaternary nitrogens is 1. The van der Waals surface area contributed by atoms with Gasteiger partial charge in [-0.2, -0.15) is 0 Å². The smallest absolute Gasteiger partial charge is 0.282 e. The van der Waals surface area contributed by atoms with E-state index in [1.165, 1.54) is 15.2 Å². The van der Waals surface area contributed by atoms with Gasteiger partial charge in [-0.15, -0.1) is 11.3 Å². The number of carbonyl (C=O) groups excluding carboxylic acids is 1. The summed E-state index contributed by atoms with van der Waals surface area (Å²) in [5, 5.41) is 4.03. The second-order valence-electron chi connectivity index (χ2n) is 7.05. The number of amides is 1. The molecule has 1 fully saturated rings. The zero-order valence-electron chi connectivity index (χ0n) is 15.6. The molecule has 1 atom stereocenters. The molecule has 4 rings (SSSR count). The fourth-order valence-electron chi connectivity index (χ4n) is 3.35. The fraction of sp³-hybridized carbons (Fsp3) is 0.333. The second kappa shape index (κ2) is 7.76. The summed E-state index contributed by atoms with van der Waals surface area (Å²) in [5.74, 6) is 0.0510. The first-order chi connectivity index (χ1) is 13.1. The third-order valence-electron chi connectivity index (χ3n) is 5.08. The number of hydrogen-bond donors (Lipinski definition) is 2. The second-order valence-corrected chi connectivity index (χ2v) is 8.08. The zero-order chi connectivity index (χ0) is 18.8. The largest absolute Gasteiger partial charge is 0.370 e. The summed E-state index contributed by atoms with van der Waals surface area (Å²) in [6.45, 7) is 7.28. The van der Waals surface area contributed by atoms with Crippen molar-refractivity contribution in [3.05, 3.63) is 48.0 Å². The van der Waals surface area contributed by atoms with Crippen LogP contribution in [-0.4, -0.2) is 43.2 Å². The molecule has 2 heterocycles. The van der Waals surface area contributed by atoms with Crippen molar-refractivity contribution < 1.29 is 14.4 Å². The van der Waals surface area contributed by atoms with Crippen molar-refractivity contribution in [3.63, 3.8) is 0 Å². The van der Waals surface area contributed by atoms with Gasteiger partial charge in [-0.25, -0.2) is 4.98 Å². The maximum absolute atomic E-state index is 12.5. The molecule has 1 aromatic heterocycles. The number of nitrogens with zero attached hydrogens (tertiary/aromatic N) is 1. The van der Waals surface area contributed by atoms with Gasteiger partial charge in [0.15, 0.2) is 6.04 Å². The molecule has 3 aromatic rings. The number of anilines is 1. The molecule has 6 heteroatoms. The number of rotatable bonds is 4. The van der Waals surface area contributed by atoms with Gasteiger partial charge in [-0.3, -0.25) is 4.79 Å². The van der Waals surface area contributed by atoms with Crippen LogP contribution in [0, 0.1) is 6.92 Å². The van der Waals surface area contributed by atoms with Crippen LogP contribution in [0.15, 0.2) is 42.5 Å². The Morgan fingerprint density at radius 1 is 1.19 bits per heavy atom. The lowest BCUT2D eigenvalue weighted by molar-refractivity contribution is -0.921. The molecule has 0 aliphatic carbocycles. The molecule has 1 amide bonds. The van der Waals surface area contributed by atoms with Crippen molar-refractivity contribution in [1.29, 1.82) is 0 Å². The summed E-state index contributed by atoms with van der Waals surface area (Å²) >= 11 is 1.69. The molecular weight excluding hydrogens is 358 g/mol. The molecule has 27 heavy (non-hydrogen) atoms. The van der Waals surface area contributed by atoms with E-state index in [9.17, 15) is 4.79 Å². The lowest BCUT2D eigenvalue weighted by Gasteiger charge is -2.28. The van der Waals surface area contributed by atoms with Crippen molar-refractivity contribution in [2.24, 2.45) is 0 Å². The Morgan fingerprint density at radius 2 is 1.93 bits per heavy atom. The Hall–Kier alpha value is -2.28. The summed E-state index contributed by atoms with van der Waals surface area (Å²) in [6.07, 6.45) is 0. The molecule has 2 aromatic carbocycles. The molecule has 2 N–H and O–H groups in total. The van der Waals surface area contributed by atoms with Crippen LogP contribution in [0.5, 0.6) is 0 Å². The highest BCUT2D eigenvalue weighted by atomic mass is 32.1. The topological polar surface area (TPSA) is 55.7 Å². The van der Waals surface area contributed by atoms with E-state index in [0.29, 0.717) is 0 Å². The van der Waals surface area contributed by atoms with E-state index in [1.807, 2.05) is 31.2 Å². The quantitative estimate of drug-likeness (QED) is 0.729. The molecule has 140 valence electrons. The highest BCUT2D eigenvalue weighted by molar-refractivity contribution is 7.21. The number of nitrogens with one attached hydrogen (secondary N) is 2. The van der Waals surface area contributed by atoms with Crippen molar-refractivity contribution in [1.82, 2.24) is 4.98 Å². The maximum Gasteiger partial charge on any atom is 0.282 e. The van der Waals surface area contributed by atoms with Crippen LogP contribution in [0.3, 0.4) is 0 Å². The van der Waals surface area contributed by atoms with Gasteiger partial charge in [0.05, 0.1) is 23.4 Å². The number of benzene rings is 2.